The number of nitrogens with zero attached hydrogens (tertiary/aromatic N) is 2. The highest BCUT2D eigenvalue weighted by Crippen LogP contribution is 2.10. The van der Waals surface area contributed by atoms with E-state index in [1.807, 2.05) is 0 Å². The monoisotopic (exact) mass is 359 g/mol. The zero-order valence-electron chi connectivity index (χ0n) is 14.6. The van der Waals surface area contributed by atoms with Crippen molar-refractivity contribution in [2.75, 3.05) is 30.8 Å². The van der Waals surface area contributed by atoms with Crippen LogP contribution in [0.4, 0.5) is 11.5 Å². The van der Waals surface area contributed by atoms with E-state index in [4.69, 9.17) is 10.3 Å². The summed E-state index contributed by atoms with van der Waals surface area (Å²) in [4.78, 5) is 36.6. The molecule has 0 spiro atoms. The zero-order chi connectivity index (χ0) is 19.1. The third-order valence-corrected chi connectivity index (χ3v) is 3.48. The quantitative estimate of drug-likeness (QED) is 0.644. The average Bonchev–Trinajstić information content (AvgIpc) is 2.98. The SMILES string of the molecule is Cc1cc(NC(=O)CN(C)CCC(=O)Nc2ccc(C(N)=O)cc2)no1. The van der Waals surface area contributed by atoms with Crippen LogP contribution < -0.4 is 16.4 Å². The van der Waals surface area contributed by atoms with Gasteiger partial charge in [0.2, 0.25) is 17.7 Å². The maximum atomic E-state index is 12.0. The number of nitrogens with one attached hydrogen (secondary N) is 2. The van der Waals surface area contributed by atoms with Crippen LogP contribution in [-0.4, -0.2) is 47.9 Å². The molecule has 1 aromatic heterocycles. The van der Waals surface area contributed by atoms with Crippen molar-refractivity contribution in [1.29, 1.82) is 0 Å². The van der Waals surface area contributed by atoms with Crippen molar-refractivity contribution >= 4 is 29.2 Å². The van der Waals surface area contributed by atoms with Gasteiger partial charge in [-0.25, -0.2) is 0 Å². The van der Waals surface area contributed by atoms with Crippen molar-refractivity contribution in [3.63, 3.8) is 0 Å². The minimum absolute atomic E-state index is 0.118. The molecular weight excluding hydrogens is 338 g/mol. The van der Waals surface area contributed by atoms with Crippen LogP contribution in [0.5, 0.6) is 0 Å². The number of amides is 3. The number of primary amides is 1. The predicted molar refractivity (Wildman–Crippen MR) is 95.6 cm³/mol. The highest BCUT2D eigenvalue weighted by atomic mass is 16.5. The fraction of sp³-hybridized carbons (Fsp3) is 0.294. The van der Waals surface area contributed by atoms with Crippen LogP contribution in [0.25, 0.3) is 0 Å². The Bertz CT molecular complexity index is 785. The Hall–Kier alpha value is -3.20. The van der Waals surface area contributed by atoms with Gasteiger partial charge in [-0.3, -0.25) is 19.3 Å². The summed E-state index contributed by atoms with van der Waals surface area (Å²) >= 11 is 0. The van der Waals surface area contributed by atoms with Crippen molar-refractivity contribution < 1.29 is 18.9 Å². The number of rotatable bonds is 8. The number of hydrogen-bond acceptors (Lipinski definition) is 6. The molecule has 0 aliphatic heterocycles. The fourth-order valence-electron chi connectivity index (χ4n) is 2.17. The van der Waals surface area contributed by atoms with Gasteiger partial charge >= 0.3 is 0 Å². The molecule has 138 valence electrons. The highest BCUT2D eigenvalue weighted by Gasteiger charge is 2.11. The average molecular weight is 359 g/mol. The van der Waals surface area contributed by atoms with E-state index in [2.05, 4.69) is 15.8 Å². The summed E-state index contributed by atoms with van der Waals surface area (Å²) in [6.07, 6.45) is 0.213. The Morgan fingerprint density at radius 2 is 1.85 bits per heavy atom. The first-order valence-electron chi connectivity index (χ1n) is 7.95. The maximum absolute atomic E-state index is 12.0. The fourth-order valence-corrected chi connectivity index (χ4v) is 2.17. The van der Waals surface area contributed by atoms with Crippen LogP contribution in [0.2, 0.25) is 0 Å². The van der Waals surface area contributed by atoms with Crippen molar-refractivity contribution in [3.8, 4) is 0 Å². The Morgan fingerprint density at radius 1 is 1.15 bits per heavy atom. The van der Waals surface area contributed by atoms with Crippen molar-refractivity contribution in [1.82, 2.24) is 10.1 Å². The van der Waals surface area contributed by atoms with E-state index in [0.717, 1.165) is 0 Å². The first-order chi connectivity index (χ1) is 12.3. The van der Waals surface area contributed by atoms with Crippen molar-refractivity contribution in [3.05, 3.63) is 41.7 Å². The molecule has 0 aliphatic carbocycles. The van der Waals surface area contributed by atoms with E-state index in [0.29, 0.717) is 29.4 Å². The number of nitrogens with two attached hydrogens (primary N) is 1. The minimum Gasteiger partial charge on any atom is -0.366 e. The lowest BCUT2D eigenvalue weighted by molar-refractivity contribution is -0.119. The van der Waals surface area contributed by atoms with E-state index in [9.17, 15) is 14.4 Å². The van der Waals surface area contributed by atoms with Crippen molar-refractivity contribution in [2.24, 2.45) is 5.73 Å². The summed E-state index contributed by atoms with van der Waals surface area (Å²) in [7, 11) is 1.74. The molecule has 3 amide bonds. The van der Waals surface area contributed by atoms with Crippen LogP contribution in [-0.2, 0) is 9.59 Å². The molecule has 0 radical (unpaired) electrons. The molecule has 26 heavy (non-hydrogen) atoms. The third kappa shape index (κ3) is 6.02. The number of likely N-dealkylation sites (N-methyl/N-ethyl adjacent to an activating group) is 1. The first kappa shape index (κ1) is 19.1. The number of carbonyl (C=O) groups excluding carboxylic acids is 3. The van der Waals surface area contributed by atoms with Gasteiger partial charge in [0.25, 0.3) is 0 Å². The normalized spacial score (nSPS) is 10.6. The summed E-state index contributed by atoms with van der Waals surface area (Å²) in [5.41, 5.74) is 6.10. The Labute approximate surface area is 150 Å². The molecule has 0 atom stereocenters. The molecular formula is C17H21N5O4. The van der Waals surface area contributed by atoms with Gasteiger partial charge in [0.15, 0.2) is 5.82 Å². The number of carbonyl (C=O) groups is 3. The molecule has 2 aromatic rings. The van der Waals surface area contributed by atoms with Gasteiger partial charge in [0, 0.05) is 30.3 Å². The number of hydrogen-bond donors (Lipinski definition) is 3. The Morgan fingerprint density at radius 3 is 2.42 bits per heavy atom. The number of anilines is 2. The third-order valence-electron chi connectivity index (χ3n) is 3.48. The minimum atomic E-state index is -0.524. The number of aryl methyl sites for hydroxylation is 1. The second kappa shape index (κ2) is 8.77. The molecule has 2 rings (SSSR count). The maximum Gasteiger partial charge on any atom is 0.248 e. The van der Waals surface area contributed by atoms with E-state index < -0.39 is 5.91 Å². The van der Waals surface area contributed by atoms with E-state index >= 15 is 0 Å². The Kier molecular flexibility index (Phi) is 6.45. The molecule has 0 aliphatic rings. The van der Waals surface area contributed by atoms with Gasteiger partial charge in [-0.2, -0.15) is 0 Å². The van der Waals surface area contributed by atoms with Gasteiger partial charge in [0.05, 0.1) is 6.54 Å². The standard InChI is InChI=1S/C17H21N5O4/c1-11-9-14(21-26-11)20-16(24)10-22(2)8-7-15(23)19-13-5-3-12(4-6-13)17(18)25/h3-6,9H,7-8,10H2,1-2H3,(H2,18,25)(H,19,23)(H,20,21,24). The van der Waals surface area contributed by atoms with Crippen LogP contribution in [0, 0.1) is 6.92 Å². The van der Waals surface area contributed by atoms with Gasteiger partial charge in [-0.1, -0.05) is 5.16 Å². The smallest absolute Gasteiger partial charge is 0.248 e. The molecule has 0 bridgehead atoms. The van der Waals surface area contributed by atoms with Gasteiger partial charge in [-0.15, -0.1) is 0 Å². The van der Waals surface area contributed by atoms with E-state index in [-0.39, 0.29) is 24.8 Å². The van der Waals surface area contributed by atoms with Gasteiger partial charge in [0.1, 0.15) is 5.76 Å². The second-order valence-corrected chi connectivity index (χ2v) is 5.85. The van der Waals surface area contributed by atoms with E-state index in [1.54, 1.807) is 49.2 Å². The molecule has 1 heterocycles. The highest BCUT2D eigenvalue weighted by molar-refractivity contribution is 5.95. The van der Waals surface area contributed by atoms with Crippen molar-refractivity contribution in [2.45, 2.75) is 13.3 Å². The summed E-state index contributed by atoms with van der Waals surface area (Å²) in [5, 5.41) is 9.01. The topological polar surface area (TPSA) is 131 Å². The van der Waals surface area contributed by atoms with Crippen LogP contribution in [0.15, 0.2) is 34.9 Å². The first-order valence-corrected chi connectivity index (χ1v) is 7.95. The molecule has 1 aromatic carbocycles. The largest absolute Gasteiger partial charge is 0.366 e. The summed E-state index contributed by atoms with van der Waals surface area (Å²) in [6.45, 7) is 2.25. The number of aromatic nitrogens is 1. The lowest BCUT2D eigenvalue weighted by Crippen LogP contribution is -2.32. The van der Waals surface area contributed by atoms with Crippen LogP contribution in [0.1, 0.15) is 22.5 Å². The summed E-state index contributed by atoms with van der Waals surface area (Å²) < 4.78 is 4.87. The lowest BCUT2D eigenvalue weighted by atomic mass is 10.2. The molecule has 9 nitrogen and oxygen atoms in total. The molecule has 0 unspecified atom stereocenters. The van der Waals surface area contributed by atoms with Crippen LogP contribution >= 0.6 is 0 Å². The zero-order valence-corrected chi connectivity index (χ0v) is 14.6. The predicted octanol–water partition coefficient (Wildman–Crippen LogP) is 0.981. The molecule has 0 saturated heterocycles. The molecule has 0 saturated carbocycles. The summed E-state index contributed by atoms with van der Waals surface area (Å²) in [5.74, 6) is -0.00439. The van der Waals surface area contributed by atoms with Gasteiger partial charge in [-0.05, 0) is 38.2 Å². The van der Waals surface area contributed by atoms with E-state index in [1.165, 1.54) is 0 Å². The molecule has 0 fully saturated rings. The Balaban J connectivity index is 1.72. The van der Waals surface area contributed by atoms with Crippen LogP contribution in [0.3, 0.4) is 0 Å². The van der Waals surface area contributed by atoms with Gasteiger partial charge < -0.3 is 20.9 Å². The second-order valence-electron chi connectivity index (χ2n) is 5.85. The summed E-state index contributed by atoms with van der Waals surface area (Å²) in [6, 6.07) is 7.92. The molecule has 9 heteroatoms. The number of benzene rings is 1. The lowest BCUT2D eigenvalue weighted by Gasteiger charge is -2.15. The molecule has 4 N–H and O–H groups in total.